The third-order valence-electron chi connectivity index (χ3n) is 4.10. The van der Waals surface area contributed by atoms with Crippen LogP contribution in [0.4, 0.5) is 0 Å². The summed E-state index contributed by atoms with van der Waals surface area (Å²) in [7, 11) is 1.70. The van der Waals surface area contributed by atoms with E-state index in [0.29, 0.717) is 0 Å². The predicted molar refractivity (Wildman–Crippen MR) is 81.3 cm³/mol. The average molecular weight is 286 g/mol. The minimum atomic E-state index is 0.201. The lowest BCUT2D eigenvalue weighted by molar-refractivity contribution is 0.411. The summed E-state index contributed by atoms with van der Waals surface area (Å²) in [4.78, 5) is 0. The Balaban J connectivity index is 1.65. The molecule has 0 amide bonds. The zero-order valence-electron chi connectivity index (χ0n) is 12.9. The normalized spacial score (nSPS) is 15.0. The molecule has 112 valence electrons. The minimum Gasteiger partial charge on any atom is -0.496 e. The second kappa shape index (κ2) is 5.85. The van der Waals surface area contributed by atoms with Gasteiger partial charge in [-0.2, -0.15) is 0 Å². The number of rotatable bonds is 5. The highest BCUT2D eigenvalue weighted by atomic mass is 16.5. The summed E-state index contributed by atoms with van der Waals surface area (Å²) in [6.07, 6.45) is 2.24. The van der Waals surface area contributed by atoms with E-state index < -0.39 is 0 Å². The summed E-state index contributed by atoms with van der Waals surface area (Å²) in [5, 5.41) is 12.1. The van der Waals surface area contributed by atoms with Crippen LogP contribution in [0, 0.1) is 6.92 Å². The number of nitrogens with one attached hydrogen (secondary N) is 1. The van der Waals surface area contributed by atoms with E-state index in [4.69, 9.17) is 4.74 Å². The maximum absolute atomic E-state index is 5.29. The van der Waals surface area contributed by atoms with E-state index in [1.54, 1.807) is 7.11 Å². The van der Waals surface area contributed by atoms with Gasteiger partial charge in [-0.25, -0.2) is 0 Å². The van der Waals surface area contributed by atoms with Gasteiger partial charge in [-0.3, -0.25) is 0 Å². The van der Waals surface area contributed by atoms with Crippen LogP contribution in [0.15, 0.2) is 18.2 Å². The molecule has 5 nitrogen and oxygen atoms in total. The topological polar surface area (TPSA) is 52.0 Å². The molecule has 1 atom stereocenters. The molecular formula is C16H22N4O. The number of hydrogen-bond donors (Lipinski definition) is 1. The van der Waals surface area contributed by atoms with Crippen molar-refractivity contribution in [2.75, 3.05) is 7.11 Å². The second-order valence-electron chi connectivity index (χ2n) is 5.64. The third-order valence-corrected chi connectivity index (χ3v) is 4.10. The van der Waals surface area contributed by atoms with Gasteiger partial charge in [0.2, 0.25) is 0 Å². The van der Waals surface area contributed by atoms with Crippen LogP contribution in [0.5, 0.6) is 5.75 Å². The third kappa shape index (κ3) is 2.78. The molecule has 0 fully saturated rings. The van der Waals surface area contributed by atoms with Gasteiger partial charge in [-0.05, 0) is 37.5 Å². The Hall–Kier alpha value is -1.88. The van der Waals surface area contributed by atoms with E-state index in [0.717, 1.165) is 42.5 Å². The number of ether oxygens (including phenoxy) is 1. The molecule has 0 aliphatic carbocycles. The lowest BCUT2D eigenvalue weighted by Gasteiger charge is -2.14. The number of aromatic nitrogens is 3. The average Bonchev–Trinajstić information content (AvgIpc) is 3.07. The van der Waals surface area contributed by atoms with Crippen molar-refractivity contribution in [3.8, 4) is 5.75 Å². The van der Waals surface area contributed by atoms with Crippen molar-refractivity contribution in [3.05, 3.63) is 41.0 Å². The van der Waals surface area contributed by atoms with Gasteiger partial charge in [0.15, 0.2) is 0 Å². The van der Waals surface area contributed by atoms with Crippen molar-refractivity contribution in [2.24, 2.45) is 0 Å². The van der Waals surface area contributed by atoms with E-state index in [-0.39, 0.29) is 6.04 Å². The highest BCUT2D eigenvalue weighted by Crippen LogP contribution is 2.21. The first-order valence-corrected chi connectivity index (χ1v) is 7.48. The number of fused-ring (bicyclic) bond motifs is 1. The van der Waals surface area contributed by atoms with Crippen LogP contribution < -0.4 is 10.1 Å². The lowest BCUT2D eigenvalue weighted by atomic mass is 10.1. The molecule has 1 aromatic heterocycles. The van der Waals surface area contributed by atoms with Gasteiger partial charge in [-0.1, -0.05) is 12.1 Å². The molecule has 1 N–H and O–H groups in total. The van der Waals surface area contributed by atoms with Crippen LogP contribution in [-0.2, 0) is 19.5 Å². The standard InChI is InChI=1S/C16H22N4O/c1-11-9-13(6-7-14(11)21-3)10-17-12(2)16-19-18-15-5-4-8-20(15)16/h6-7,9,12,17H,4-5,8,10H2,1-3H3/t12-/m1/s1. The van der Waals surface area contributed by atoms with Gasteiger partial charge < -0.3 is 14.6 Å². The van der Waals surface area contributed by atoms with Crippen LogP contribution >= 0.6 is 0 Å². The van der Waals surface area contributed by atoms with Gasteiger partial charge in [0.05, 0.1) is 13.2 Å². The highest BCUT2D eigenvalue weighted by Gasteiger charge is 2.20. The maximum atomic E-state index is 5.29. The number of benzene rings is 1. The molecule has 0 bridgehead atoms. The molecule has 0 unspecified atom stereocenters. The first-order chi connectivity index (χ1) is 10.2. The predicted octanol–water partition coefficient (Wildman–Crippen LogP) is 2.39. The Bertz CT molecular complexity index is 635. The molecule has 0 spiro atoms. The van der Waals surface area contributed by atoms with E-state index in [1.165, 1.54) is 12.0 Å². The number of methoxy groups -OCH3 is 1. The molecule has 2 aromatic rings. The van der Waals surface area contributed by atoms with Gasteiger partial charge >= 0.3 is 0 Å². The molecular weight excluding hydrogens is 264 g/mol. The molecule has 2 heterocycles. The van der Waals surface area contributed by atoms with Gasteiger partial charge in [-0.15, -0.1) is 10.2 Å². The highest BCUT2D eigenvalue weighted by molar-refractivity contribution is 5.36. The fourth-order valence-corrected chi connectivity index (χ4v) is 2.91. The quantitative estimate of drug-likeness (QED) is 0.917. The van der Waals surface area contributed by atoms with Gasteiger partial charge in [0.25, 0.3) is 0 Å². The van der Waals surface area contributed by atoms with E-state index >= 15 is 0 Å². The van der Waals surface area contributed by atoms with Gasteiger partial charge in [0, 0.05) is 19.5 Å². The van der Waals surface area contributed by atoms with Crippen molar-refractivity contribution in [3.63, 3.8) is 0 Å². The van der Waals surface area contributed by atoms with Crippen LogP contribution in [0.2, 0.25) is 0 Å². The molecule has 0 saturated carbocycles. The van der Waals surface area contributed by atoms with E-state index in [2.05, 4.69) is 46.1 Å². The van der Waals surface area contributed by atoms with Crippen molar-refractivity contribution in [1.82, 2.24) is 20.1 Å². The molecule has 1 aliphatic rings. The van der Waals surface area contributed by atoms with Crippen LogP contribution in [0.3, 0.4) is 0 Å². The maximum Gasteiger partial charge on any atom is 0.149 e. The first kappa shape index (κ1) is 14.1. The Morgan fingerprint density at radius 1 is 1.38 bits per heavy atom. The lowest BCUT2D eigenvalue weighted by Crippen LogP contribution is -2.21. The van der Waals surface area contributed by atoms with E-state index in [1.807, 2.05) is 6.07 Å². The Kier molecular flexibility index (Phi) is 3.92. The zero-order chi connectivity index (χ0) is 14.8. The van der Waals surface area contributed by atoms with Crippen molar-refractivity contribution >= 4 is 0 Å². The summed E-state index contributed by atoms with van der Waals surface area (Å²) in [6.45, 7) is 6.07. The monoisotopic (exact) mass is 286 g/mol. The van der Waals surface area contributed by atoms with Crippen molar-refractivity contribution < 1.29 is 4.74 Å². The minimum absolute atomic E-state index is 0.201. The summed E-state index contributed by atoms with van der Waals surface area (Å²) >= 11 is 0. The molecule has 0 saturated heterocycles. The van der Waals surface area contributed by atoms with Crippen LogP contribution in [0.1, 0.15) is 42.2 Å². The fraction of sp³-hybridized carbons (Fsp3) is 0.500. The summed E-state index contributed by atoms with van der Waals surface area (Å²) in [6, 6.07) is 6.48. The Labute approximate surface area is 125 Å². The molecule has 3 rings (SSSR count). The first-order valence-electron chi connectivity index (χ1n) is 7.48. The van der Waals surface area contributed by atoms with Crippen molar-refractivity contribution in [1.29, 1.82) is 0 Å². The summed E-state index contributed by atoms with van der Waals surface area (Å²) in [5.41, 5.74) is 2.41. The second-order valence-corrected chi connectivity index (χ2v) is 5.64. The molecule has 0 radical (unpaired) electrons. The molecule has 1 aromatic carbocycles. The van der Waals surface area contributed by atoms with Crippen LogP contribution in [0.25, 0.3) is 0 Å². The molecule has 5 heteroatoms. The fourth-order valence-electron chi connectivity index (χ4n) is 2.91. The number of nitrogens with zero attached hydrogens (tertiary/aromatic N) is 3. The van der Waals surface area contributed by atoms with Gasteiger partial charge in [0.1, 0.15) is 17.4 Å². The Morgan fingerprint density at radius 2 is 2.24 bits per heavy atom. The Morgan fingerprint density at radius 3 is 3.00 bits per heavy atom. The van der Waals surface area contributed by atoms with Crippen molar-refractivity contribution in [2.45, 2.75) is 45.8 Å². The van der Waals surface area contributed by atoms with E-state index in [9.17, 15) is 0 Å². The van der Waals surface area contributed by atoms with Crippen LogP contribution in [-0.4, -0.2) is 21.9 Å². The smallest absolute Gasteiger partial charge is 0.149 e. The largest absolute Gasteiger partial charge is 0.496 e. The summed E-state index contributed by atoms with van der Waals surface area (Å²) in [5.74, 6) is 3.11. The zero-order valence-corrected chi connectivity index (χ0v) is 12.9. The molecule has 1 aliphatic heterocycles. The number of hydrogen-bond acceptors (Lipinski definition) is 4. The number of aryl methyl sites for hydroxylation is 2. The summed E-state index contributed by atoms with van der Waals surface area (Å²) < 4.78 is 7.54. The molecule has 21 heavy (non-hydrogen) atoms. The SMILES string of the molecule is COc1ccc(CN[C@H](C)c2nnc3n2CCC3)cc1C.